The Hall–Kier alpha value is -3.40. The molecule has 1 fully saturated rings. The van der Waals surface area contributed by atoms with Gasteiger partial charge in [-0.3, -0.25) is 19.5 Å². The van der Waals surface area contributed by atoms with Crippen molar-refractivity contribution in [1.29, 1.82) is 0 Å². The van der Waals surface area contributed by atoms with E-state index in [0.717, 1.165) is 5.69 Å². The van der Waals surface area contributed by atoms with E-state index in [4.69, 9.17) is 0 Å². The summed E-state index contributed by atoms with van der Waals surface area (Å²) >= 11 is 1.36. The van der Waals surface area contributed by atoms with Crippen LogP contribution in [0.2, 0.25) is 0 Å². The van der Waals surface area contributed by atoms with Gasteiger partial charge in [0.05, 0.1) is 10.7 Å². The summed E-state index contributed by atoms with van der Waals surface area (Å²) in [5.74, 6) is 0.737. The number of benzene rings is 2. The van der Waals surface area contributed by atoms with Gasteiger partial charge in [0.15, 0.2) is 5.16 Å². The number of aromatic nitrogens is 3. The molecule has 9 nitrogen and oxygen atoms in total. The number of amides is 1. The molecule has 172 valence electrons. The SMILES string of the molecule is CC(C)c1ccc(-n2cnnc2SCC(=O)N2CCN(c3ccccc3[N+](=O)[O-])CC2)cc1. The third kappa shape index (κ3) is 5.16. The van der Waals surface area contributed by atoms with Crippen LogP contribution in [0.4, 0.5) is 11.4 Å². The van der Waals surface area contributed by atoms with E-state index in [1.807, 2.05) is 21.6 Å². The van der Waals surface area contributed by atoms with Gasteiger partial charge in [-0.25, -0.2) is 0 Å². The second kappa shape index (κ2) is 10.0. The molecule has 0 unspecified atom stereocenters. The number of thioether (sulfide) groups is 1. The first-order valence-electron chi connectivity index (χ1n) is 10.8. The summed E-state index contributed by atoms with van der Waals surface area (Å²) in [5, 5.41) is 20.2. The number of rotatable bonds is 7. The third-order valence-corrected chi connectivity index (χ3v) is 6.66. The average Bonchev–Trinajstić information content (AvgIpc) is 3.31. The third-order valence-electron chi connectivity index (χ3n) is 5.73. The number of nitro groups is 1. The fourth-order valence-corrected chi connectivity index (χ4v) is 4.65. The van der Waals surface area contributed by atoms with Crippen molar-refractivity contribution < 1.29 is 9.72 Å². The second-order valence-corrected chi connectivity index (χ2v) is 9.07. The summed E-state index contributed by atoms with van der Waals surface area (Å²) in [6.07, 6.45) is 1.66. The normalized spacial score (nSPS) is 14.0. The van der Waals surface area contributed by atoms with E-state index in [2.05, 4.69) is 36.2 Å². The van der Waals surface area contributed by atoms with Crippen molar-refractivity contribution in [3.05, 3.63) is 70.5 Å². The lowest BCUT2D eigenvalue weighted by molar-refractivity contribution is -0.384. The van der Waals surface area contributed by atoms with Gasteiger partial charge in [0.25, 0.3) is 5.69 Å². The molecule has 0 bridgehead atoms. The standard InChI is InChI=1S/C23H26N6O3S/c1-17(2)18-7-9-19(10-8-18)28-16-24-25-23(28)33-15-22(30)27-13-11-26(12-14-27)20-5-3-4-6-21(20)29(31)32/h3-10,16-17H,11-15H2,1-2H3. The monoisotopic (exact) mass is 466 g/mol. The molecule has 1 saturated heterocycles. The highest BCUT2D eigenvalue weighted by Crippen LogP contribution is 2.28. The molecular formula is C23H26N6O3S. The first-order valence-corrected chi connectivity index (χ1v) is 11.8. The zero-order valence-corrected chi connectivity index (χ0v) is 19.4. The van der Waals surface area contributed by atoms with Gasteiger partial charge in [-0.15, -0.1) is 10.2 Å². The van der Waals surface area contributed by atoms with Gasteiger partial charge in [-0.1, -0.05) is 49.9 Å². The van der Waals surface area contributed by atoms with Crippen LogP contribution in [-0.4, -0.2) is 62.4 Å². The molecule has 2 heterocycles. The Morgan fingerprint density at radius 3 is 2.45 bits per heavy atom. The van der Waals surface area contributed by atoms with Crippen LogP contribution in [0.3, 0.4) is 0 Å². The van der Waals surface area contributed by atoms with Crippen molar-refractivity contribution in [3.8, 4) is 5.69 Å². The van der Waals surface area contributed by atoms with Crippen LogP contribution < -0.4 is 4.90 Å². The average molecular weight is 467 g/mol. The Balaban J connectivity index is 1.34. The molecule has 33 heavy (non-hydrogen) atoms. The molecule has 10 heteroatoms. The summed E-state index contributed by atoms with van der Waals surface area (Å²) < 4.78 is 1.88. The van der Waals surface area contributed by atoms with E-state index in [-0.39, 0.29) is 22.3 Å². The van der Waals surface area contributed by atoms with Gasteiger partial charge in [0, 0.05) is 37.9 Å². The Kier molecular flexibility index (Phi) is 6.93. The largest absolute Gasteiger partial charge is 0.362 e. The fourth-order valence-electron chi connectivity index (χ4n) is 3.82. The molecule has 3 aromatic rings. The maximum Gasteiger partial charge on any atom is 0.292 e. The van der Waals surface area contributed by atoms with Crippen LogP contribution in [0.25, 0.3) is 5.69 Å². The molecule has 0 saturated carbocycles. The minimum absolute atomic E-state index is 0.0203. The number of anilines is 1. The maximum absolute atomic E-state index is 12.8. The minimum atomic E-state index is -0.365. The fraction of sp³-hybridized carbons (Fsp3) is 0.348. The van der Waals surface area contributed by atoms with Crippen molar-refractivity contribution in [3.63, 3.8) is 0 Å². The van der Waals surface area contributed by atoms with Crippen molar-refractivity contribution in [1.82, 2.24) is 19.7 Å². The molecule has 1 amide bonds. The molecule has 0 atom stereocenters. The molecule has 1 aromatic heterocycles. The number of hydrogen-bond acceptors (Lipinski definition) is 7. The first kappa shape index (κ1) is 22.8. The van der Waals surface area contributed by atoms with Gasteiger partial charge < -0.3 is 9.80 Å². The van der Waals surface area contributed by atoms with E-state index in [1.54, 1.807) is 29.4 Å². The van der Waals surface area contributed by atoms with Gasteiger partial charge in [-0.05, 0) is 29.7 Å². The lowest BCUT2D eigenvalue weighted by Crippen LogP contribution is -2.49. The topological polar surface area (TPSA) is 97.4 Å². The van der Waals surface area contributed by atoms with Crippen molar-refractivity contribution in [2.24, 2.45) is 0 Å². The predicted molar refractivity (Wildman–Crippen MR) is 128 cm³/mol. The highest BCUT2D eigenvalue weighted by molar-refractivity contribution is 7.99. The van der Waals surface area contributed by atoms with Crippen molar-refractivity contribution >= 4 is 29.0 Å². The maximum atomic E-state index is 12.8. The van der Waals surface area contributed by atoms with Crippen LogP contribution in [-0.2, 0) is 4.79 Å². The number of nitrogens with zero attached hydrogens (tertiary/aromatic N) is 6. The smallest absolute Gasteiger partial charge is 0.292 e. The molecule has 1 aliphatic rings. The Morgan fingerprint density at radius 2 is 1.79 bits per heavy atom. The van der Waals surface area contributed by atoms with E-state index in [9.17, 15) is 14.9 Å². The second-order valence-electron chi connectivity index (χ2n) is 8.13. The molecule has 1 aliphatic heterocycles. The van der Waals surface area contributed by atoms with Gasteiger partial charge in [0.2, 0.25) is 5.91 Å². The van der Waals surface area contributed by atoms with Crippen molar-refractivity contribution in [2.75, 3.05) is 36.8 Å². The van der Waals surface area contributed by atoms with E-state index in [0.29, 0.717) is 42.9 Å². The number of carbonyl (C=O) groups is 1. The summed E-state index contributed by atoms with van der Waals surface area (Å²) in [6.45, 7) is 6.46. The Labute approximate surface area is 196 Å². The van der Waals surface area contributed by atoms with Crippen LogP contribution >= 0.6 is 11.8 Å². The van der Waals surface area contributed by atoms with Crippen LogP contribution in [0, 0.1) is 10.1 Å². The van der Waals surface area contributed by atoms with Crippen LogP contribution in [0.1, 0.15) is 25.3 Å². The summed E-state index contributed by atoms with van der Waals surface area (Å²) in [5.41, 5.74) is 2.91. The number of nitro benzene ring substituents is 1. The first-order chi connectivity index (χ1) is 15.9. The van der Waals surface area contributed by atoms with Gasteiger partial charge >= 0.3 is 0 Å². The number of hydrogen-bond donors (Lipinski definition) is 0. The highest BCUT2D eigenvalue weighted by Gasteiger charge is 2.25. The number of piperazine rings is 1. The predicted octanol–water partition coefficient (Wildman–Crippen LogP) is 3.74. The molecule has 0 radical (unpaired) electrons. The Bertz CT molecular complexity index is 1120. The Morgan fingerprint density at radius 1 is 1.09 bits per heavy atom. The molecular weight excluding hydrogens is 440 g/mol. The lowest BCUT2D eigenvalue weighted by atomic mass is 10.0. The zero-order valence-electron chi connectivity index (χ0n) is 18.6. The van der Waals surface area contributed by atoms with Crippen LogP contribution in [0.15, 0.2) is 60.0 Å². The van der Waals surface area contributed by atoms with E-state index in [1.165, 1.54) is 23.4 Å². The van der Waals surface area contributed by atoms with Crippen molar-refractivity contribution in [2.45, 2.75) is 24.9 Å². The molecule has 0 spiro atoms. The van der Waals surface area contributed by atoms with Crippen LogP contribution in [0.5, 0.6) is 0 Å². The minimum Gasteiger partial charge on any atom is -0.362 e. The summed E-state index contributed by atoms with van der Waals surface area (Å²) in [4.78, 5) is 27.5. The highest BCUT2D eigenvalue weighted by atomic mass is 32.2. The summed E-state index contributed by atoms with van der Waals surface area (Å²) in [6, 6.07) is 15.0. The number of carbonyl (C=O) groups excluding carboxylic acids is 1. The quantitative estimate of drug-likeness (QED) is 0.297. The van der Waals surface area contributed by atoms with Gasteiger partial charge in [-0.2, -0.15) is 0 Å². The van der Waals surface area contributed by atoms with E-state index < -0.39 is 0 Å². The zero-order chi connectivity index (χ0) is 23.4. The van der Waals surface area contributed by atoms with Gasteiger partial charge in [0.1, 0.15) is 12.0 Å². The number of para-hydroxylation sites is 2. The molecule has 0 aliphatic carbocycles. The molecule has 0 N–H and O–H groups in total. The molecule has 2 aromatic carbocycles. The molecule has 4 rings (SSSR count). The van der Waals surface area contributed by atoms with E-state index >= 15 is 0 Å². The lowest BCUT2D eigenvalue weighted by Gasteiger charge is -2.35. The summed E-state index contributed by atoms with van der Waals surface area (Å²) in [7, 11) is 0.